The minimum absolute atomic E-state index is 0.175. The lowest BCUT2D eigenvalue weighted by molar-refractivity contribution is -0.131. The molecule has 0 unspecified atom stereocenters. The number of hydrogen-bond donors (Lipinski definition) is 1. The number of hydrogen-bond acceptors (Lipinski definition) is 2. The lowest BCUT2D eigenvalue weighted by atomic mass is 10.2. The third kappa shape index (κ3) is 5.12. The summed E-state index contributed by atoms with van der Waals surface area (Å²) >= 11 is 14.4. The van der Waals surface area contributed by atoms with Crippen molar-refractivity contribution in [1.29, 1.82) is 0 Å². The van der Waals surface area contributed by atoms with Crippen LogP contribution in [0.15, 0.2) is 39.3 Å². The number of ether oxygens (including phenoxy) is 1. The molecule has 1 N–H and O–H groups in total. The van der Waals surface area contributed by atoms with E-state index in [1.54, 1.807) is 18.2 Å². The first-order chi connectivity index (χ1) is 8.52. The third-order valence-corrected chi connectivity index (χ3v) is 3.07. The van der Waals surface area contributed by atoms with Crippen molar-refractivity contribution in [3.8, 4) is 5.75 Å². The molecule has 18 heavy (non-hydrogen) atoms. The SMILES string of the molecule is O=C(O)C=Cc1ccc(OCC(Cl)=CCl)c(Br)c1. The first-order valence-corrected chi connectivity index (χ1v) is 6.42. The van der Waals surface area contributed by atoms with Gasteiger partial charge in [-0.3, -0.25) is 0 Å². The molecule has 0 radical (unpaired) electrons. The van der Waals surface area contributed by atoms with Crippen LogP contribution in [0.5, 0.6) is 5.75 Å². The molecule has 3 nitrogen and oxygen atoms in total. The number of aliphatic carboxylic acids is 1. The van der Waals surface area contributed by atoms with Crippen LogP contribution in [0.4, 0.5) is 0 Å². The predicted molar refractivity (Wildman–Crippen MR) is 76.1 cm³/mol. The van der Waals surface area contributed by atoms with E-state index in [1.165, 1.54) is 11.6 Å². The summed E-state index contributed by atoms with van der Waals surface area (Å²) in [5, 5.41) is 8.90. The zero-order valence-corrected chi connectivity index (χ0v) is 12.2. The van der Waals surface area contributed by atoms with Gasteiger partial charge in [0.1, 0.15) is 12.4 Å². The van der Waals surface area contributed by atoms with E-state index in [-0.39, 0.29) is 6.61 Å². The van der Waals surface area contributed by atoms with Crippen LogP contribution in [-0.2, 0) is 4.79 Å². The Bertz CT molecular complexity index is 498. The Morgan fingerprint density at radius 1 is 1.50 bits per heavy atom. The first-order valence-electron chi connectivity index (χ1n) is 4.81. The van der Waals surface area contributed by atoms with Gasteiger partial charge in [-0.05, 0) is 39.7 Å². The van der Waals surface area contributed by atoms with Crippen LogP contribution in [-0.4, -0.2) is 17.7 Å². The van der Waals surface area contributed by atoms with Gasteiger partial charge in [0.2, 0.25) is 0 Å². The summed E-state index contributed by atoms with van der Waals surface area (Å²) in [6.45, 7) is 0.175. The van der Waals surface area contributed by atoms with E-state index in [0.717, 1.165) is 11.6 Å². The van der Waals surface area contributed by atoms with Crippen LogP contribution < -0.4 is 4.74 Å². The minimum Gasteiger partial charge on any atom is -0.487 e. The van der Waals surface area contributed by atoms with E-state index < -0.39 is 5.97 Å². The van der Waals surface area contributed by atoms with Crippen LogP contribution in [0.1, 0.15) is 5.56 Å². The molecule has 0 saturated carbocycles. The highest BCUT2D eigenvalue weighted by atomic mass is 79.9. The van der Waals surface area contributed by atoms with Crippen LogP contribution in [0.3, 0.4) is 0 Å². The van der Waals surface area contributed by atoms with Gasteiger partial charge in [0.15, 0.2) is 0 Å². The molecule has 96 valence electrons. The molecule has 6 heteroatoms. The number of carboxylic acid groups (broad SMARTS) is 1. The minimum atomic E-state index is -0.995. The van der Waals surface area contributed by atoms with Crippen molar-refractivity contribution in [2.75, 3.05) is 6.61 Å². The smallest absolute Gasteiger partial charge is 0.328 e. The maximum atomic E-state index is 10.4. The summed E-state index contributed by atoms with van der Waals surface area (Å²) in [6, 6.07) is 5.19. The number of benzene rings is 1. The fraction of sp³-hybridized carbons (Fsp3) is 0.0833. The van der Waals surface area contributed by atoms with Crippen LogP contribution in [0.2, 0.25) is 0 Å². The van der Waals surface area contributed by atoms with Crippen LogP contribution >= 0.6 is 39.1 Å². The molecule has 0 saturated heterocycles. The van der Waals surface area contributed by atoms with Gasteiger partial charge in [-0.15, -0.1) is 0 Å². The lowest BCUT2D eigenvalue weighted by Gasteiger charge is -2.07. The molecule has 0 aromatic heterocycles. The van der Waals surface area contributed by atoms with Gasteiger partial charge in [-0.2, -0.15) is 0 Å². The Morgan fingerprint density at radius 3 is 2.78 bits per heavy atom. The monoisotopic (exact) mass is 350 g/mol. The number of halogens is 3. The van der Waals surface area contributed by atoms with E-state index in [9.17, 15) is 4.79 Å². The molecule has 0 heterocycles. The van der Waals surface area contributed by atoms with Gasteiger partial charge in [0.25, 0.3) is 0 Å². The standard InChI is InChI=1S/C12H9BrCl2O3/c13-10-5-8(2-4-12(16)17)1-3-11(10)18-7-9(15)6-14/h1-6H,7H2,(H,16,17). The molecule has 0 bridgehead atoms. The topological polar surface area (TPSA) is 46.5 Å². The maximum absolute atomic E-state index is 10.4. The fourth-order valence-corrected chi connectivity index (χ4v) is 1.71. The average molecular weight is 352 g/mol. The Morgan fingerprint density at radius 2 is 2.22 bits per heavy atom. The van der Waals surface area contributed by atoms with Gasteiger partial charge < -0.3 is 9.84 Å². The molecular formula is C12H9BrCl2O3. The van der Waals surface area contributed by atoms with E-state index in [2.05, 4.69) is 15.9 Å². The van der Waals surface area contributed by atoms with Crippen LogP contribution in [0, 0.1) is 0 Å². The summed E-state index contributed by atoms with van der Waals surface area (Å²) in [5.74, 6) is -0.398. The van der Waals surface area contributed by atoms with Crippen molar-refractivity contribution in [3.05, 3.63) is 44.9 Å². The van der Waals surface area contributed by atoms with E-state index in [0.29, 0.717) is 15.3 Å². The van der Waals surface area contributed by atoms with Gasteiger partial charge in [-0.1, -0.05) is 29.3 Å². The summed E-state index contributed by atoms with van der Waals surface area (Å²) in [6.07, 6.45) is 2.55. The zero-order chi connectivity index (χ0) is 13.5. The van der Waals surface area contributed by atoms with Gasteiger partial charge in [0, 0.05) is 11.6 Å². The second-order valence-electron chi connectivity index (χ2n) is 3.21. The van der Waals surface area contributed by atoms with E-state index in [1.807, 2.05) is 0 Å². The van der Waals surface area contributed by atoms with Crippen molar-refractivity contribution in [2.45, 2.75) is 0 Å². The van der Waals surface area contributed by atoms with Gasteiger partial charge in [-0.25, -0.2) is 4.79 Å². The van der Waals surface area contributed by atoms with Crippen molar-refractivity contribution in [3.63, 3.8) is 0 Å². The predicted octanol–water partition coefficient (Wildman–Crippen LogP) is 4.24. The summed E-state index contributed by atoms with van der Waals surface area (Å²) in [4.78, 5) is 10.4. The average Bonchev–Trinajstić information content (AvgIpc) is 2.34. The molecule has 0 aliphatic carbocycles. The summed E-state index contributed by atoms with van der Waals surface area (Å²) in [7, 11) is 0. The largest absolute Gasteiger partial charge is 0.487 e. The Hall–Kier alpha value is -0.970. The number of carboxylic acids is 1. The molecule has 0 aliphatic heterocycles. The second-order valence-corrected chi connectivity index (χ2v) is 4.76. The second kappa shape index (κ2) is 7.46. The van der Waals surface area contributed by atoms with E-state index in [4.69, 9.17) is 33.0 Å². The highest BCUT2D eigenvalue weighted by molar-refractivity contribution is 9.10. The molecule has 0 aliphatic rings. The van der Waals surface area contributed by atoms with E-state index >= 15 is 0 Å². The maximum Gasteiger partial charge on any atom is 0.328 e. The fourth-order valence-electron chi connectivity index (χ4n) is 1.08. The molecule has 0 atom stereocenters. The molecule has 0 amide bonds. The molecule has 1 aromatic carbocycles. The highest BCUT2D eigenvalue weighted by Crippen LogP contribution is 2.27. The van der Waals surface area contributed by atoms with Gasteiger partial charge in [0.05, 0.1) is 9.51 Å². The van der Waals surface area contributed by atoms with Crippen molar-refractivity contribution in [2.24, 2.45) is 0 Å². The van der Waals surface area contributed by atoms with Crippen molar-refractivity contribution >= 4 is 51.2 Å². The van der Waals surface area contributed by atoms with Crippen molar-refractivity contribution < 1.29 is 14.6 Å². The quantitative estimate of drug-likeness (QED) is 0.807. The summed E-state index contributed by atoms with van der Waals surface area (Å²) in [5.41, 5.74) is 1.98. The molecule has 1 aromatic rings. The first kappa shape index (κ1) is 15.1. The van der Waals surface area contributed by atoms with Crippen molar-refractivity contribution in [1.82, 2.24) is 0 Å². The lowest BCUT2D eigenvalue weighted by Crippen LogP contribution is -1.97. The molecule has 1 rings (SSSR count). The Labute approximate surface area is 123 Å². The number of carbonyl (C=O) groups is 1. The van der Waals surface area contributed by atoms with Crippen LogP contribution in [0.25, 0.3) is 6.08 Å². The molecule has 0 spiro atoms. The zero-order valence-electron chi connectivity index (χ0n) is 9.07. The Balaban J connectivity index is 2.76. The molecule has 0 fully saturated rings. The van der Waals surface area contributed by atoms with Gasteiger partial charge >= 0.3 is 5.97 Å². The Kier molecular flexibility index (Phi) is 6.25. The highest BCUT2D eigenvalue weighted by Gasteiger charge is 2.02. The summed E-state index contributed by atoms with van der Waals surface area (Å²) < 4.78 is 6.10. The number of rotatable bonds is 5. The normalized spacial score (nSPS) is 11.8. The molecular weight excluding hydrogens is 343 g/mol. The third-order valence-electron chi connectivity index (χ3n) is 1.86.